The van der Waals surface area contributed by atoms with Crippen LogP contribution >= 0.6 is 23.2 Å². The molecule has 210 valence electrons. The molecule has 0 aliphatic rings. The molecule has 9 nitrogen and oxygen atoms in total. The van der Waals surface area contributed by atoms with Gasteiger partial charge in [0.05, 0.1) is 41.3 Å². The minimum Gasteiger partial charge on any atom is -0.497 e. The Morgan fingerprint density at radius 1 is 1.00 bits per heavy atom. The number of methoxy groups -OCH3 is 2. The molecule has 0 atom stereocenters. The van der Waals surface area contributed by atoms with Crippen molar-refractivity contribution >= 4 is 46.6 Å². The van der Waals surface area contributed by atoms with Crippen LogP contribution in [0.3, 0.4) is 0 Å². The number of carbonyl (C=O) groups excluding carboxylic acids is 2. The first-order chi connectivity index (χ1) is 18.3. The summed E-state index contributed by atoms with van der Waals surface area (Å²) in [5.41, 5.74) is 1.60. The molecule has 0 saturated carbocycles. The average molecular weight is 577 g/mol. The number of hydrogen-bond acceptors (Lipinski definition) is 5. The van der Waals surface area contributed by atoms with Crippen LogP contribution in [0.5, 0.6) is 11.5 Å². The third-order valence-corrected chi connectivity index (χ3v) is 6.49. The zero-order valence-electron chi connectivity index (χ0n) is 23.3. The van der Waals surface area contributed by atoms with Gasteiger partial charge in [-0.1, -0.05) is 57.8 Å². The van der Waals surface area contributed by atoms with Crippen molar-refractivity contribution in [1.82, 2.24) is 14.7 Å². The Labute approximate surface area is 239 Å². The van der Waals surface area contributed by atoms with Crippen molar-refractivity contribution in [2.45, 2.75) is 40.0 Å². The molecule has 0 spiro atoms. The van der Waals surface area contributed by atoms with Crippen LogP contribution in [0, 0.1) is 5.92 Å². The van der Waals surface area contributed by atoms with E-state index in [9.17, 15) is 9.59 Å². The minimum atomic E-state index is -0.435. The highest BCUT2D eigenvalue weighted by Crippen LogP contribution is 2.31. The topological polar surface area (TPSA) is 97.7 Å². The number of anilines is 2. The molecule has 2 N–H and O–H groups in total. The van der Waals surface area contributed by atoms with E-state index in [1.165, 1.54) is 12.0 Å². The Bertz CT molecular complexity index is 1330. The predicted octanol–water partition coefficient (Wildman–Crippen LogP) is 6.62. The second-order valence-electron chi connectivity index (χ2n) is 10.5. The summed E-state index contributed by atoms with van der Waals surface area (Å²) in [5.74, 6) is 1.23. The van der Waals surface area contributed by atoms with Gasteiger partial charge in [-0.05, 0) is 36.2 Å². The van der Waals surface area contributed by atoms with Crippen LogP contribution in [0.15, 0.2) is 42.5 Å². The number of rotatable bonds is 9. The lowest BCUT2D eigenvalue weighted by molar-refractivity contribution is -0.116. The largest absolute Gasteiger partial charge is 0.497 e. The summed E-state index contributed by atoms with van der Waals surface area (Å²) < 4.78 is 12.2. The maximum atomic E-state index is 13.3. The van der Waals surface area contributed by atoms with Crippen LogP contribution in [0.4, 0.5) is 16.3 Å². The monoisotopic (exact) mass is 575 g/mol. The summed E-state index contributed by atoms with van der Waals surface area (Å²) in [5, 5.41) is 11.3. The maximum Gasteiger partial charge on any atom is 0.322 e. The van der Waals surface area contributed by atoms with Gasteiger partial charge in [-0.3, -0.25) is 4.79 Å². The van der Waals surface area contributed by atoms with Crippen molar-refractivity contribution < 1.29 is 19.1 Å². The summed E-state index contributed by atoms with van der Waals surface area (Å²) >= 11 is 12.3. The van der Waals surface area contributed by atoms with E-state index in [2.05, 4.69) is 10.6 Å². The lowest BCUT2D eigenvalue weighted by atomic mass is 9.92. The maximum absolute atomic E-state index is 13.3. The van der Waals surface area contributed by atoms with E-state index < -0.39 is 6.03 Å². The fourth-order valence-electron chi connectivity index (χ4n) is 3.76. The van der Waals surface area contributed by atoms with Gasteiger partial charge in [0, 0.05) is 24.1 Å². The molecule has 0 radical (unpaired) electrons. The lowest BCUT2D eigenvalue weighted by Crippen LogP contribution is -2.42. The van der Waals surface area contributed by atoms with Crippen LogP contribution in [0.1, 0.15) is 40.3 Å². The molecule has 0 aliphatic carbocycles. The molecule has 0 saturated heterocycles. The van der Waals surface area contributed by atoms with Gasteiger partial charge in [-0.15, -0.1) is 0 Å². The third-order valence-electron chi connectivity index (χ3n) is 5.75. The smallest absolute Gasteiger partial charge is 0.322 e. The first-order valence-electron chi connectivity index (χ1n) is 12.5. The second kappa shape index (κ2) is 12.6. The normalized spacial score (nSPS) is 11.3. The molecule has 39 heavy (non-hydrogen) atoms. The highest BCUT2D eigenvalue weighted by atomic mass is 35.5. The minimum absolute atomic E-state index is 0.121. The van der Waals surface area contributed by atoms with E-state index in [1.807, 2.05) is 40.7 Å². The first kappa shape index (κ1) is 30.1. The van der Waals surface area contributed by atoms with E-state index in [1.54, 1.807) is 48.2 Å². The van der Waals surface area contributed by atoms with Crippen LogP contribution in [-0.4, -0.2) is 53.9 Å². The number of aromatic nitrogens is 2. The number of nitrogens with zero attached hydrogens (tertiary/aromatic N) is 3. The molecule has 0 bridgehead atoms. The van der Waals surface area contributed by atoms with Crippen LogP contribution in [0.25, 0.3) is 5.69 Å². The quantitative estimate of drug-likeness (QED) is 0.298. The zero-order valence-corrected chi connectivity index (χ0v) is 24.8. The molecule has 2 aromatic carbocycles. The van der Waals surface area contributed by atoms with Crippen molar-refractivity contribution in [1.29, 1.82) is 0 Å². The van der Waals surface area contributed by atoms with E-state index in [4.69, 9.17) is 37.8 Å². The van der Waals surface area contributed by atoms with Crippen molar-refractivity contribution in [3.8, 4) is 17.2 Å². The highest BCUT2D eigenvalue weighted by Gasteiger charge is 2.24. The molecule has 0 fully saturated rings. The number of amides is 3. The van der Waals surface area contributed by atoms with Gasteiger partial charge in [0.2, 0.25) is 5.91 Å². The van der Waals surface area contributed by atoms with Crippen LogP contribution < -0.4 is 20.1 Å². The number of carbonyl (C=O) groups is 2. The van der Waals surface area contributed by atoms with Crippen molar-refractivity contribution in [3.05, 3.63) is 58.2 Å². The molecule has 3 rings (SSSR count). The predicted molar refractivity (Wildman–Crippen MR) is 156 cm³/mol. The van der Waals surface area contributed by atoms with E-state index in [0.29, 0.717) is 45.3 Å². The molecule has 3 amide bonds. The van der Waals surface area contributed by atoms with Gasteiger partial charge in [0.25, 0.3) is 0 Å². The number of halogens is 2. The fourth-order valence-corrected chi connectivity index (χ4v) is 4.05. The SMILES string of the molecule is COc1ccc(NC(=O)N(CC(=O)Nc2cc(C(C)(C)C)nn2-c2ccc(Cl)c(Cl)c2)CC(C)C)c(OC)c1. The molecule has 11 heteroatoms. The molecule has 0 unspecified atom stereocenters. The van der Waals surface area contributed by atoms with Crippen molar-refractivity contribution in [2.24, 2.45) is 5.92 Å². The van der Waals surface area contributed by atoms with E-state index in [0.717, 1.165) is 5.69 Å². The van der Waals surface area contributed by atoms with Crippen LogP contribution in [0.2, 0.25) is 10.0 Å². The Morgan fingerprint density at radius 3 is 2.31 bits per heavy atom. The summed E-state index contributed by atoms with van der Waals surface area (Å²) in [6.07, 6.45) is 0. The Kier molecular flexibility index (Phi) is 9.74. The Balaban J connectivity index is 1.85. The van der Waals surface area contributed by atoms with Crippen molar-refractivity contribution in [2.75, 3.05) is 37.9 Å². The van der Waals surface area contributed by atoms with E-state index in [-0.39, 0.29) is 23.8 Å². The van der Waals surface area contributed by atoms with Gasteiger partial charge >= 0.3 is 6.03 Å². The third kappa shape index (κ3) is 7.80. The number of nitrogens with one attached hydrogen (secondary N) is 2. The summed E-state index contributed by atoms with van der Waals surface area (Å²) in [6, 6.07) is 11.6. The molecular weight excluding hydrogens is 541 g/mol. The molecule has 0 aliphatic heterocycles. The van der Waals surface area contributed by atoms with Crippen molar-refractivity contribution in [3.63, 3.8) is 0 Å². The second-order valence-corrected chi connectivity index (χ2v) is 11.3. The van der Waals surface area contributed by atoms with E-state index >= 15 is 0 Å². The number of hydrogen-bond donors (Lipinski definition) is 2. The first-order valence-corrected chi connectivity index (χ1v) is 13.2. The van der Waals surface area contributed by atoms with Gasteiger partial charge in [-0.2, -0.15) is 5.10 Å². The van der Waals surface area contributed by atoms with Gasteiger partial charge in [0.1, 0.15) is 23.9 Å². The summed E-state index contributed by atoms with van der Waals surface area (Å²) in [6.45, 7) is 10.2. The molecule has 1 aromatic heterocycles. The van der Waals surface area contributed by atoms with Gasteiger partial charge in [0.15, 0.2) is 0 Å². The van der Waals surface area contributed by atoms with Crippen LogP contribution in [-0.2, 0) is 10.2 Å². The highest BCUT2D eigenvalue weighted by molar-refractivity contribution is 6.42. The fraction of sp³-hybridized carbons (Fsp3) is 0.393. The average Bonchev–Trinajstić information content (AvgIpc) is 3.29. The Hall–Kier alpha value is -3.43. The number of urea groups is 1. The zero-order chi connectivity index (χ0) is 28.9. The molecule has 3 aromatic rings. The molecule has 1 heterocycles. The van der Waals surface area contributed by atoms with Gasteiger partial charge in [-0.25, -0.2) is 9.48 Å². The number of ether oxygens (including phenoxy) is 2. The number of benzene rings is 2. The Morgan fingerprint density at radius 2 is 1.72 bits per heavy atom. The summed E-state index contributed by atoms with van der Waals surface area (Å²) in [7, 11) is 3.06. The molecular formula is C28H35Cl2N5O4. The standard InChI is InChI=1S/C28H35Cl2N5O4/c1-17(2)15-34(27(37)31-22-11-9-19(38-6)13-23(22)39-7)16-26(36)32-25-14-24(28(3,4)5)33-35(25)18-8-10-20(29)21(30)12-18/h8-14,17H,15-16H2,1-7H3,(H,31,37)(H,32,36). The summed E-state index contributed by atoms with van der Waals surface area (Å²) in [4.78, 5) is 28.0. The lowest BCUT2D eigenvalue weighted by Gasteiger charge is -2.25. The van der Waals surface area contributed by atoms with Gasteiger partial charge < -0.3 is 25.0 Å².